The number of fused-ring (bicyclic) bond motifs is 1. The number of aromatic nitrogens is 3. The van der Waals surface area contributed by atoms with Crippen LogP contribution in [0, 0.1) is 19.7 Å². The van der Waals surface area contributed by atoms with Gasteiger partial charge in [0.05, 0.1) is 22.3 Å². The van der Waals surface area contributed by atoms with Crippen LogP contribution in [0.25, 0.3) is 39.2 Å². The van der Waals surface area contributed by atoms with Crippen molar-refractivity contribution in [2.45, 2.75) is 26.6 Å². The van der Waals surface area contributed by atoms with Crippen LogP contribution < -0.4 is 4.74 Å². The van der Waals surface area contributed by atoms with Gasteiger partial charge in [-0.25, -0.2) is 14.1 Å². The standard InChI is InChI=1S/C34H24ClF4N3O/c1-20-3-8-24(9-4-20)32-31-28(34(37,38)39)18-30(40-33(31)42(41-32)26-14-5-21(2)29(35)17-26)23-10-15-27(16-11-23)43-19-22-6-12-25(36)13-7-22/h3-18H,19H2,1-2H3. The van der Waals surface area contributed by atoms with E-state index in [4.69, 9.17) is 21.3 Å². The van der Waals surface area contributed by atoms with E-state index < -0.39 is 11.7 Å². The molecule has 216 valence electrons. The summed E-state index contributed by atoms with van der Waals surface area (Å²) in [6.07, 6.45) is -4.69. The summed E-state index contributed by atoms with van der Waals surface area (Å²) >= 11 is 6.40. The van der Waals surface area contributed by atoms with E-state index >= 15 is 0 Å². The van der Waals surface area contributed by atoms with Crippen LogP contribution in [0.15, 0.2) is 97.1 Å². The lowest BCUT2D eigenvalue weighted by atomic mass is 10.0. The molecule has 0 amide bonds. The molecular formula is C34H24ClF4N3O. The third kappa shape index (κ3) is 5.83. The highest BCUT2D eigenvalue weighted by atomic mass is 35.5. The molecule has 0 radical (unpaired) electrons. The van der Waals surface area contributed by atoms with Crippen molar-refractivity contribution >= 4 is 22.6 Å². The lowest BCUT2D eigenvalue weighted by Crippen LogP contribution is -2.08. The quantitative estimate of drug-likeness (QED) is 0.178. The van der Waals surface area contributed by atoms with Gasteiger partial charge >= 0.3 is 6.18 Å². The maximum absolute atomic E-state index is 14.7. The van der Waals surface area contributed by atoms with Gasteiger partial charge in [0.25, 0.3) is 0 Å². The Kier molecular flexibility index (Phi) is 7.40. The second kappa shape index (κ2) is 11.2. The van der Waals surface area contributed by atoms with Gasteiger partial charge in [-0.05, 0) is 79.6 Å². The number of hydrogen-bond acceptors (Lipinski definition) is 3. The highest BCUT2D eigenvalue weighted by molar-refractivity contribution is 6.31. The van der Waals surface area contributed by atoms with Crippen molar-refractivity contribution in [1.82, 2.24) is 14.8 Å². The molecule has 9 heteroatoms. The molecule has 4 aromatic carbocycles. The van der Waals surface area contributed by atoms with Gasteiger partial charge < -0.3 is 4.74 Å². The summed E-state index contributed by atoms with van der Waals surface area (Å²) < 4.78 is 64.5. The lowest BCUT2D eigenvalue weighted by Gasteiger charge is -2.13. The molecule has 2 heterocycles. The SMILES string of the molecule is Cc1ccc(-c2nn(-c3ccc(C)c(Cl)c3)c3nc(-c4ccc(OCc5ccc(F)cc5)cc4)cc(C(F)(F)F)c23)cc1. The van der Waals surface area contributed by atoms with E-state index in [1.165, 1.54) is 16.8 Å². The number of benzene rings is 4. The molecule has 0 N–H and O–H groups in total. The fourth-order valence-electron chi connectivity index (χ4n) is 4.76. The molecule has 0 fully saturated rings. The lowest BCUT2D eigenvalue weighted by molar-refractivity contribution is -0.136. The molecule has 0 saturated heterocycles. The highest BCUT2D eigenvalue weighted by Crippen LogP contribution is 2.42. The van der Waals surface area contributed by atoms with Crippen LogP contribution in [0.4, 0.5) is 17.6 Å². The first kappa shape index (κ1) is 28.4. The smallest absolute Gasteiger partial charge is 0.417 e. The zero-order valence-corrected chi connectivity index (χ0v) is 23.8. The molecule has 0 bridgehead atoms. The largest absolute Gasteiger partial charge is 0.489 e. The van der Waals surface area contributed by atoms with E-state index in [1.54, 1.807) is 66.7 Å². The molecule has 6 aromatic rings. The highest BCUT2D eigenvalue weighted by Gasteiger charge is 2.36. The summed E-state index contributed by atoms with van der Waals surface area (Å²) in [7, 11) is 0. The number of pyridine rings is 1. The molecule has 6 rings (SSSR count). The van der Waals surface area contributed by atoms with Gasteiger partial charge in [-0.3, -0.25) is 0 Å². The second-order valence-electron chi connectivity index (χ2n) is 10.3. The minimum Gasteiger partial charge on any atom is -0.489 e. The number of alkyl halides is 3. The summed E-state index contributed by atoms with van der Waals surface area (Å²) in [6, 6.07) is 26.0. The van der Waals surface area contributed by atoms with Crippen LogP contribution in [0.2, 0.25) is 5.02 Å². The van der Waals surface area contributed by atoms with Crippen molar-refractivity contribution in [2.24, 2.45) is 0 Å². The van der Waals surface area contributed by atoms with Crippen molar-refractivity contribution in [2.75, 3.05) is 0 Å². The molecule has 0 atom stereocenters. The van der Waals surface area contributed by atoms with E-state index in [0.717, 1.165) is 22.8 Å². The van der Waals surface area contributed by atoms with Gasteiger partial charge in [-0.2, -0.15) is 18.3 Å². The summed E-state index contributed by atoms with van der Waals surface area (Å²) in [5, 5.41) is 5.02. The van der Waals surface area contributed by atoms with Crippen molar-refractivity contribution in [3.05, 3.63) is 130 Å². The Bertz CT molecular complexity index is 1930. The van der Waals surface area contributed by atoms with Gasteiger partial charge in [0.1, 0.15) is 23.9 Å². The van der Waals surface area contributed by atoms with Gasteiger partial charge in [0, 0.05) is 16.1 Å². The fourth-order valence-corrected chi connectivity index (χ4v) is 4.94. The first-order chi connectivity index (χ1) is 20.6. The number of halogens is 5. The van der Waals surface area contributed by atoms with Gasteiger partial charge in [-0.15, -0.1) is 0 Å². The number of hydrogen-bond donors (Lipinski definition) is 0. The maximum atomic E-state index is 14.7. The van der Waals surface area contributed by atoms with Crippen LogP contribution in [0.3, 0.4) is 0 Å². The molecule has 0 aliphatic carbocycles. The Morgan fingerprint density at radius 3 is 2.14 bits per heavy atom. The van der Waals surface area contributed by atoms with Crippen molar-refractivity contribution in [3.63, 3.8) is 0 Å². The fraction of sp³-hybridized carbons (Fsp3) is 0.118. The van der Waals surface area contributed by atoms with Crippen LogP contribution in [-0.2, 0) is 12.8 Å². The minimum absolute atomic E-state index is 0.0527. The van der Waals surface area contributed by atoms with E-state index in [1.807, 2.05) is 26.0 Å². The predicted molar refractivity (Wildman–Crippen MR) is 160 cm³/mol. The van der Waals surface area contributed by atoms with Crippen LogP contribution in [0.5, 0.6) is 5.75 Å². The zero-order valence-electron chi connectivity index (χ0n) is 23.1. The van der Waals surface area contributed by atoms with Crippen molar-refractivity contribution in [3.8, 4) is 34.0 Å². The molecule has 4 nitrogen and oxygen atoms in total. The number of ether oxygens (including phenoxy) is 1. The molecule has 0 aliphatic rings. The molecule has 0 aliphatic heterocycles. The maximum Gasteiger partial charge on any atom is 0.417 e. The summed E-state index contributed by atoms with van der Waals surface area (Å²) in [6.45, 7) is 3.96. The molecule has 2 aromatic heterocycles. The van der Waals surface area contributed by atoms with Gasteiger partial charge in [0.15, 0.2) is 5.65 Å². The first-order valence-electron chi connectivity index (χ1n) is 13.4. The van der Waals surface area contributed by atoms with E-state index in [-0.39, 0.29) is 34.8 Å². The minimum atomic E-state index is -4.69. The number of nitrogens with zero attached hydrogens (tertiary/aromatic N) is 3. The Balaban J connectivity index is 1.48. The van der Waals surface area contributed by atoms with Gasteiger partial charge in [0.2, 0.25) is 0 Å². The Hall–Kier alpha value is -4.69. The molecular weight excluding hydrogens is 578 g/mol. The number of aryl methyl sites for hydroxylation is 2. The molecule has 43 heavy (non-hydrogen) atoms. The molecule has 0 unspecified atom stereocenters. The van der Waals surface area contributed by atoms with Gasteiger partial charge in [-0.1, -0.05) is 59.6 Å². The van der Waals surface area contributed by atoms with Crippen LogP contribution in [-0.4, -0.2) is 14.8 Å². The average Bonchev–Trinajstić information content (AvgIpc) is 3.37. The third-order valence-electron chi connectivity index (χ3n) is 7.14. The monoisotopic (exact) mass is 601 g/mol. The molecule has 0 saturated carbocycles. The normalized spacial score (nSPS) is 11.7. The predicted octanol–water partition coefficient (Wildman–Crippen LogP) is 9.76. The third-order valence-corrected chi connectivity index (χ3v) is 7.54. The zero-order chi connectivity index (χ0) is 30.3. The van der Waals surface area contributed by atoms with Crippen molar-refractivity contribution in [1.29, 1.82) is 0 Å². The molecule has 0 spiro atoms. The van der Waals surface area contributed by atoms with E-state index in [2.05, 4.69) is 5.10 Å². The van der Waals surface area contributed by atoms with Crippen LogP contribution in [0.1, 0.15) is 22.3 Å². The first-order valence-corrected chi connectivity index (χ1v) is 13.8. The Morgan fingerprint density at radius 2 is 1.49 bits per heavy atom. The van der Waals surface area contributed by atoms with E-state index in [0.29, 0.717) is 27.6 Å². The van der Waals surface area contributed by atoms with Crippen LogP contribution >= 0.6 is 11.6 Å². The summed E-state index contributed by atoms with van der Waals surface area (Å²) in [4.78, 5) is 4.72. The second-order valence-corrected chi connectivity index (χ2v) is 10.7. The summed E-state index contributed by atoms with van der Waals surface area (Å²) in [5.74, 6) is 0.166. The average molecular weight is 602 g/mol. The Labute approximate surface area is 250 Å². The van der Waals surface area contributed by atoms with E-state index in [9.17, 15) is 17.6 Å². The number of rotatable bonds is 6. The summed E-state index contributed by atoms with van der Waals surface area (Å²) in [5.41, 5.74) is 3.57. The van der Waals surface area contributed by atoms with Crippen molar-refractivity contribution < 1.29 is 22.3 Å². The Morgan fingerprint density at radius 1 is 0.814 bits per heavy atom. The topological polar surface area (TPSA) is 39.9 Å².